The van der Waals surface area contributed by atoms with Gasteiger partial charge < -0.3 is 19.7 Å². The van der Waals surface area contributed by atoms with Crippen molar-refractivity contribution in [2.75, 3.05) is 12.4 Å². The van der Waals surface area contributed by atoms with E-state index >= 15 is 0 Å². The lowest BCUT2D eigenvalue weighted by Gasteiger charge is -2.27. The van der Waals surface area contributed by atoms with Crippen molar-refractivity contribution in [2.45, 2.75) is 25.0 Å². The van der Waals surface area contributed by atoms with Crippen LogP contribution in [0.5, 0.6) is 5.75 Å². The summed E-state index contributed by atoms with van der Waals surface area (Å²) in [6, 6.07) is 10.3. The monoisotopic (exact) mass is 619 g/mol. The molecule has 0 radical (unpaired) electrons. The Hall–Kier alpha value is -1.88. The standard InChI is InChI=1S/C21H20Br3NO6/c1-30-17(4-2-3-5-18(26)27)20(15-10-13(23)11-16(24)19(15)28)31-21(29)25-14-8-6-12(22)7-9-14/h3,5-11,17,20,28H,2,4H2,1H3,(H,25,29)(H,26,27)/b5-3+/t17-,20-/m0/s1. The Kier molecular flexibility index (Phi) is 10.0. The number of halogens is 3. The second-order valence-electron chi connectivity index (χ2n) is 6.38. The van der Waals surface area contributed by atoms with Crippen molar-refractivity contribution in [1.82, 2.24) is 0 Å². The third-order valence-electron chi connectivity index (χ3n) is 4.21. The van der Waals surface area contributed by atoms with Gasteiger partial charge in [-0.05, 0) is 65.2 Å². The van der Waals surface area contributed by atoms with Crippen LogP contribution < -0.4 is 5.32 Å². The minimum atomic E-state index is -1.05. The highest BCUT2D eigenvalue weighted by Gasteiger charge is 2.30. The molecule has 7 nitrogen and oxygen atoms in total. The fraction of sp³-hybridized carbons (Fsp3) is 0.238. The number of phenols is 1. The van der Waals surface area contributed by atoms with Gasteiger partial charge in [0.1, 0.15) is 5.75 Å². The molecule has 2 aromatic rings. The second kappa shape index (κ2) is 12.2. The molecule has 0 bridgehead atoms. The molecule has 10 heteroatoms. The number of aliphatic carboxylic acids is 1. The van der Waals surface area contributed by atoms with Crippen LogP contribution in [0.1, 0.15) is 24.5 Å². The molecule has 3 N–H and O–H groups in total. The van der Waals surface area contributed by atoms with E-state index in [1.54, 1.807) is 36.4 Å². The van der Waals surface area contributed by atoms with Crippen molar-refractivity contribution in [3.05, 3.63) is 67.5 Å². The Labute approximate surface area is 204 Å². The van der Waals surface area contributed by atoms with Gasteiger partial charge in [-0.25, -0.2) is 9.59 Å². The number of nitrogens with one attached hydrogen (secondary N) is 1. The number of carbonyl (C=O) groups is 2. The number of phenolic OH excluding ortho intramolecular Hbond substituents is 1. The van der Waals surface area contributed by atoms with Crippen LogP contribution in [-0.4, -0.2) is 35.5 Å². The van der Waals surface area contributed by atoms with Crippen LogP contribution in [0.15, 0.2) is 62.0 Å². The SMILES string of the molecule is CO[C@@H](CC/C=C/C(=O)O)[C@@H](OC(=O)Nc1ccc(Br)cc1)c1cc(Br)cc(Br)c1O. The molecule has 0 aliphatic rings. The second-order valence-corrected chi connectivity index (χ2v) is 9.06. The third kappa shape index (κ3) is 7.95. The maximum atomic E-state index is 12.6. The summed E-state index contributed by atoms with van der Waals surface area (Å²) >= 11 is 9.99. The number of carbonyl (C=O) groups excluding carboxylic acids is 1. The van der Waals surface area contributed by atoms with Gasteiger partial charge in [0.25, 0.3) is 0 Å². The summed E-state index contributed by atoms with van der Waals surface area (Å²) in [7, 11) is 1.46. The first kappa shape index (κ1) is 25.4. The Morgan fingerprint density at radius 1 is 1.13 bits per heavy atom. The van der Waals surface area contributed by atoms with Gasteiger partial charge in [0.05, 0.1) is 10.6 Å². The van der Waals surface area contributed by atoms with E-state index in [4.69, 9.17) is 14.6 Å². The Morgan fingerprint density at radius 3 is 2.42 bits per heavy atom. The van der Waals surface area contributed by atoms with Crippen molar-refractivity contribution in [1.29, 1.82) is 0 Å². The van der Waals surface area contributed by atoms with Crippen LogP contribution >= 0.6 is 47.8 Å². The Morgan fingerprint density at radius 2 is 1.81 bits per heavy atom. The number of ether oxygens (including phenoxy) is 2. The van der Waals surface area contributed by atoms with Crippen molar-refractivity contribution in [3.8, 4) is 5.75 Å². The molecule has 0 aliphatic heterocycles. The topological polar surface area (TPSA) is 105 Å². The highest BCUT2D eigenvalue weighted by Crippen LogP contribution is 2.39. The van der Waals surface area contributed by atoms with Crippen molar-refractivity contribution in [2.24, 2.45) is 0 Å². The molecule has 0 saturated carbocycles. The zero-order chi connectivity index (χ0) is 23.0. The molecule has 2 atom stereocenters. The number of anilines is 1. The number of allylic oxidation sites excluding steroid dienone is 1. The molecule has 166 valence electrons. The average Bonchev–Trinajstić information content (AvgIpc) is 2.71. The lowest BCUT2D eigenvalue weighted by atomic mass is 9.99. The van der Waals surface area contributed by atoms with Gasteiger partial charge in [-0.15, -0.1) is 0 Å². The summed E-state index contributed by atoms with van der Waals surface area (Å²) in [6.07, 6.45) is 0.897. The number of aromatic hydroxyl groups is 1. The lowest BCUT2D eigenvalue weighted by molar-refractivity contribution is -0.131. The number of methoxy groups -OCH3 is 1. The maximum absolute atomic E-state index is 12.6. The van der Waals surface area contributed by atoms with Crippen molar-refractivity contribution in [3.63, 3.8) is 0 Å². The van der Waals surface area contributed by atoms with Gasteiger partial charge in [0.15, 0.2) is 6.10 Å². The highest BCUT2D eigenvalue weighted by molar-refractivity contribution is 9.11. The van der Waals surface area contributed by atoms with Gasteiger partial charge in [-0.1, -0.05) is 37.9 Å². The highest BCUT2D eigenvalue weighted by atomic mass is 79.9. The molecule has 0 aliphatic carbocycles. The number of benzene rings is 2. The molecule has 0 fully saturated rings. The van der Waals surface area contributed by atoms with Crippen LogP contribution in [0, 0.1) is 0 Å². The van der Waals surface area contributed by atoms with Crippen LogP contribution in [-0.2, 0) is 14.3 Å². The number of carboxylic acid groups (broad SMARTS) is 1. The van der Waals surface area contributed by atoms with Crippen LogP contribution in [0.2, 0.25) is 0 Å². The third-order valence-corrected chi connectivity index (χ3v) is 5.80. The number of carboxylic acids is 1. The number of rotatable bonds is 9. The molecule has 1 amide bonds. The van der Waals surface area contributed by atoms with E-state index in [0.717, 1.165) is 10.5 Å². The normalized spacial score (nSPS) is 13.0. The fourth-order valence-electron chi connectivity index (χ4n) is 2.78. The van der Waals surface area contributed by atoms with Gasteiger partial charge >= 0.3 is 12.1 Å². The largest absolute Gasteiger partial charge is 0.506 e. The van der Waals surface area contributed by atoms with E-state index in [1.807, 2.05) is 0 Å². The van der Waals surface area contributed by atoms with Gasteiger partial charge in [0.2, 0.25) is 0 Å². The first-order valence-corrected chi connectivity index (χ1v) is 11.4. The average molecular weight is 622 g/mol. The van der Waals surface area contributed by atoms with Crippen LogP contribution in [0.4, 0.5) is 10.5 Å². The van der Waals surface area contributed by atoms with Gasteiger partial charge in [-0.3, -0.25) is 5.32 Å². The van der Waals surface area contributed by atoms with Gasteiger partial charge in [0, 0.05) is 33.4 Å². The first-order valence-electron chi connectivity index (χ1n) is 9.04. The summed E-state index contributed by atoms with van der Waals surface area (Å²) < 4.78 is 13.1. The number of hydrogen-bond acceptors (Lipinski definition) is 5. The van der Waals surface area contributed by atoms with E-state index in [2.05, 4.69) is 53.1 Å². The Balaban J connectivity index is 2.29. The molecule has 0 spiro atoms. The minimum absolute atomic E-state index is 0.0900. The molecule has 31 heavy (non-hydrogen) atoms. The number of hydrogen-bond donors (Lipinski definition) is 3. The predicted octanol–water partition coefficient (Wildman–Crippen LogP) is 6.41. The summed E-state index contributed by atoms with van der Waals surface area (Å²) in [6.45, 7) is 0. The zero-order valence-corrected chi connectivity index (χ0v) is 21.1. The summed E-state index contributed by atoms with van der Waals surface area (Å²) in [4.78, 5) is 23.3. The lowest BCUT2D eigenvalue weighted by Crippen LogP contribution is -2.28. The molecular weight excluding hydrogens is 602 g/mol. The summed E-state index contributed by atoms with van der Waals surface area (Å²) in [5.41, 5.74) is 0.867. The molecule has 0 unspecified atom stereocenters. The molecule has 0 aromatic heterocycles. The minimum Gasteiger partial charge on any atom is -0.506 e. The van der Waals surface area contributed by atoms with Crippen LogP contribution in [0.3, 0.4) is 0 Å². The van der Waals surface area contributed by atoms with Crippen molar-refractivity contribution >= 4 is 65.5 Å². The van der Waals surface area contributed by atoms with Gasteiger partial charge in [-0.2, -0.15) is 0 Å². The predicted molar refractivity (Wildman–Crippen MR) is 127 cm³/mol. The quantitative estimate of drug-likeness (QED) is 0.280. The summed E-state index contributed by atoms with van der Waals surface area (Å²) in [5, 5.41) is 22.0. The molecule has 2 aromatic carbocycles. The van der Waals surface area contributed by atoms with E-state index in [9.17, 15) is 14.7 Å². The smallest absolute Gasteiger partial charge is 0.412 e. The number of amides is 1. The van der Waals surface area contributed by atoms with Crippen LogP contribution in [0.25, 0.3) is 0 Å². The van der Waals surface area contributed by atoms with E-state index in [1.165, 1.54) is 13.2 Å². The van der Waals surface area contributed by atoms with E-state index < -0.39 is 24.3 Å². The van der Waals surface area contributed by atoms with E-state index in [0.29, 0.717) is 33.0 Å². The first-order chi connectivity index (χ1) is 14.7. The van der Waals surface area contributed by atoms with E-state index in [-0.39, 0.29) is 5.75 Å². The fourth-order valence-corrected chi connectivity index (χ4v) is 4.30. The zero-order valence-electron chi connectivity index (χ0n) is 16.3. The van der Waals surface area contributed by atoms with Crippen molar-refractivity contribution < 1.29 is 29.3 Å². The summed E-state index contributed by atoms with van der Waals surface area (Å²) in [5.74, 6) is -1.14. The Bertz CT molecular complexity index is 949. The maximum Gasteiger partial charge on any atom is 0.412 e. The molecule has 0 saturated heterocycles. The molecule has 2 rings (SSSR count). The molecular formula is C21H20Br3NO6. The molecule has 0 heterocycles.